The highest BCUT2D eigenvalue weighted by Crippen LogP contribution is 2.39. The molecule has 1 N–H and O–H groups in total. The molecule has 0 fully saturated rings. The molecule has 1 aliphatic rings. The van der Waals surface area contributed by atoms with E-state index in [0.717, 1.165) is 8.96 Å². The molecule has 0 aliphatic heterocycles. The maximum atomic E-state index is 9.63. The van der Waals surface area contributed by atoms with Crippen molar-refractivity contribution < 1.29 is 5.11 Å². The molecule has 1 rings (SSSR count). The predicted molar refractivity (Wildman–Crippen MR) is 60.6 cm³/mol. The van der Waals surface area contributed by atoms with Crippen molar-refractivity contribution in [1.82, 2.24) is 0 Å². The molecule has 0 aromatic heterocycles. The van der Waals surface area contributed by atoms with Gasteiger partial charge in [0, 0.05) is 8.96 Å². The van der Waals surface area contributed by atoms with Crippen molar-refractivity contribution in [3.63, 3.8) is 0 Å². The molecule has 0 radical (unpaired) electrons. The van der Waals surface area contributed by atoms with Gasteiger partial charge in [0.15, 0.2) is 4.51 Å². The highest BCUT2D eigenvalue weighted by Gasteiger charge is 2.32. The van der Waals surface area contributed by atoms with E-state index in [1.807, 2.05) is 6.08 Å². The minimum atomic E-state index is -0.997. The number of hydrogen-bond acceptors (Lipinski definition) is 1. The Hall–Kier alpha value is 1.36. The van der Waals surface area contributed by atoms with Crippen molar-refractivity contribution in [2.24, 2.45) is 0 Å². The maximum Gasteiger partial charge on any atom is 0.155 e. The van der Waals surface area contributed by atoms with Gasteiger partial charge in [0.1, 0.15) is 0 Å². The summed E-state index contributed by atoms with van der Waals surface area (Å²) in [4.78, 5) is -0.120. The maximum absolute atomic E-state index is 9.63. The van der Waals surface area contributed by atoms with E-state index in [2.05, 4.69) is 63.7 Å². The number of alkyl halides is 2. The van der Waals surface area contributed by atoms with Gasteiger partial charge in [0.2, 0.25) is 0 Å². The Balaban J connectivity index is 2.98. The molecule has 0 amide bonds. The summed E-state index contributed by atoms with van der Waals surface area (Å²) in [5.74, 6) is 0. The van der Waals surface area contributed by atoms with Gasteiger partial charge in [-0.2, -0.15) is 0 Å². The third kappa shape index (κ3) is 2.40. The SMILES string of the molecule is OC1(Br)C=C(Br)C(Br)=CC1Br. The van der Waals surface area contributed by atoms with Crippen LogP contribution in [0.1, 0.15) is 0 Å². The molecule has 1 nitrogen and oxygen atoms in total. The third-order valence-corrected chi connectivity index (χ3v) is 5.42. The molecule has 1 aliphatic carbocycles. The van der Waals surface area contributed by atoms with Crippen molar-refractivity contribution >= 4 is 63.7 Å². The quantitative estimate of drug-likeness (QED) is 0.606. The van der Waals surface area contributed by atoms with Crippen molar-refractivity contribution in [1.29, 1.82) is 0 Å². The first-order valence-corrected chi connectivity index (χ1v) is 6.04. The van der Waals surface area contributed by atoms with Crippen LogP contribution in [0.4, 0.5) is 0 Å². The van der Waals surface area contributed by atoms with Gasteiger partial charge in [-0.05, 0) is 53.9 Å². The summed E-state index contributed by atoms with van der Waals surface area (Å²) in [6.07, 6.45) is 3.54. The van der Waals surface area contributed by atoms with E-state index in [-0.39, 0.29) is 4.83 Å². The highest BCUT2D eigenvalue weighted by atomic mass is 79.9. The first kappa shape index (κ1) is 10.4. The van der Waals surface area contributed by atoms with Gasteiger partial charge in [-0.3, -0.25) is 0 Å². The predicted octanol–water partition coefficient (Wildman–Crippen LogP) is 3.40. The number of halogens is 4. The molecule has 0 heterocycles. The van der Waals surface area contributed by atoms with Crippen LogP contribution in [0.25, 0.3) is 0 Å². The van der Waals surface area contributed by atoms with Crippen molar-refractivity contribution in [3.05, 3.63) is 21.1 Å². The standard InChI is InChI=1S/C6H4Br4O/c7-3-1-5(9)6(10,11)2-4(3)8/h1-2,5,11H. The van der Waals surface area contributed by atoms with Crippen molar-refractivity contribution in [2.75, 3.05) is 0 Å². The molecule has 0 bridgehead atoms. The van der Waals surface area contributed by atoms with Gasteiger partial charge in [0.25, 0.3) is 0 Å². The van der Waals surface area contributed by atoms with E-state index in [1.54, 1.807) is 6.08 Å². The summed E-state index contributed by atoms with van der Waals surface area (Å²) in [6, 6.07) is 0. The fraction of sp³-hybridized carbons (Fsp3) is 0.333. The van der Waals surface area contributed by atoms with Crippen LogP contribution < -0.4 is 0 Å². The molecule has 2 unspecified atom stereocenters. The Labute approximate surface area is 98.4 Å². The zero-order valence-electron chi connectivity index (χ0n) is 5.19. The average molecular weight is 412 g/mol. The lowest BCUT2D eigenvalue weighted by Gasteiger charge is -2.25. The van der Waals surface area contributed by atoms with E-state index in [1.165, 1.54) is 0 Å². The monoisotopic (exact) mass is 408 g/mol. The van der Waals surface area contributed by atoms with E-state index in [4.69, 9.17) is 0 Å². The molecule has 0 saturated carbocycles. The summed E-state index contributed by atoms with van der Waals surface area (Å²) in [7, 11) is 0. The fourth-order valence-corrected chi connectivity index (χ4v) is 2.93. The summed E-state index contributed by atoms with van der Waals surface area (Å²) < 4.78 is 0.777. The van der Waals surface area contributed by atoms with Crippen molar-refractivity contribution in [2.45, 2.75) is 9.34 Å². The summed E-state index contributed by atoms with van der Waals surface area (Å²) in [5.41, 5.74) is 0. The smallest absolute Gasteiger partial charge is 0.155 e. The first-order valence-electron chi connectivity index (χ1n) is 2.75. The molecule has 0 aromatic rings. The lowest BCUT2D eigenvalue weighted by molar-refractivity contribution is 0.204. The zero-order valence-corrected chi connectivity index (χ0v) is 11.5. The largest absolute Gasteiger partial charge is 0.374 e. The Morgan fingerprint density at radius 2 is 1.91 bits per heavy atom. The van der Waals surface area contributed by atoms with Gasteiger partial charge < -0.3 is 5.11 Å². The topological polar surface area (TPSA) is 20.2 Å². The summed E-state index contributed by atoms with van der Waals surface area (Å²) >= 11 is 13.1. The van der Waals surface area contributed by atoms with Gasteiger partial charge in [-0.1, -0.05) is 22.0 Å². The molecule has 11 heavy (non-hydrogen) atoms. The van der Waals surface area contributed by atoms with Crippen LogP contribution in [-0.4, -0.2) is 14.4 Å². The Morgan fingerprint density at radius 3 is 2.36 bits per heavy atom. The average Bonchev–Trinajstić information content (AvgIpc) is 1.83. The van der Waals surface area contributed by atoms with Gasteiger partial charge in [-0.15, -0.1) is 0 Å². The molecule has 62 valence electrons. The molecule has 5 heteroatoms. The van der Waals surface area contributed by atoms with Gasteiger partial charge in [0.05, 0.1) is 4.83 Å². The van der Waals surface area contributed by atoms with E-state index in [9.17, 15) is 5.11 Å². The second-order valence-electron chi connectivity index (χ2n) is 2.14. The van der Waals surface area contributed by atoms with E-state index >= 15 is 0 Å². The van der Waals surface area contributed by atoms with Crippen LogP contribution in [0.5, 0.6) is 0 Å². The van der Waals surface area contributed by atoms with E-state index < -0.39 is 4.51 Å². The van der Waals surface area contributed by atoms with Crippen LogP contribution in [0.2, 0.25) is 0 Å². The first-order chi connectivity index (χ1) is 4.93. The second kappa shape index (κ2) is 3.62. The molecular weight excluding hydrogens is 408 g/mol. The van der Waals surface area contributed by atoms with Gasteiger partial charge in [-0.25, -0.2) is 0 Å². The molecule has 2 atom stereocenters. The van der Waals surface area contributed by atoms with E-state index in [0.29, 0.717) is 0 Å². The summed E-state index contributed by atoms with van der Waals surface area (Å²) in [5, 5.41) is 9.63. The van der Waals surface area contributed by atoms with Crippen molar-refractivity contribution in [3.8, 4) is 0 Å². The minimum Gasteiger partial charge on any atom is -0.374 e. The Kier molecular flexibility index (Phi) is 3.43. The van der Waals surface area contributed by atoms with Crippen LogP contribution in [0.15, 0.2) is 21.1 Å². The minimum absolute atomic E-state index is 0.120. The number of hydrogen-bond donors (Lipinski definition) is 1. The molecular formula is C6H4Br4O. The third-order valence-electron chi connectivity index (χ3n) is 1.24. The second-order valence-corrected chi connectivity index (χ2v) is 6.10. The number of allylic oxidation sites excluding steroid dienone is 2. The van der Waals surface area contributed by atoms with Crippen LogP contribution in [-0.2, 0) is 0 Å². The van der Waals surface area contributed by atoms with Crippen LogP contribution >= 0.6 is 63.7 Å². The lowest BCUT2D eigenvalue weighted by Crippen LogP contribution is -2.30. The van der Waals surface area contributed by atoms with Gasteiger partial charge >= 0.3 is 0 Å². The van der Waals surface area contributed by atoms with Crippen LogP contribution in [0.3, 0.4) is 0 Å². The Morgan fingerprint density at radius 1 is 1.36 bits per heavy atom. The molecule has 0 saturated heterocycles. The highest BCUT2D eigenvalue weighted by molar-refractivity contribution is 9.15. The summed E-state index contributed by atoms with van der Waals surface area (Å²) in [6.45, 7) is 0. The Bertz CT molecular complexity index is 231. The molecule has 0 aromatic carbocycles. The lowest BCUT2D eigenvalue weighted by atomic mass is 10.1. The number of aliphatic hydroxyl groups is 1. The van der Waals surface area contributed by atoms with Crippen LogP contribution in [0, 0.1) is 0 Å². The number of rotatable bonds is 0. The zero-order chi connectivity index (χ0) is 8.65. The fourth-order valence-electron chi connectivity index (χ4n) is 0.651. The normalized spacial score (nSPS) is 38.1. The molecule has 0 spiro atoms.